The van der Waals surface area contributed by atoms with Gasteiger partial charge in [-0.25, -0.2) is 8.78 Å². The molecule has 0 fully saturated rings. The van der Waals surface area contributed by atoms with Crippen LogP contribution in [0, 0.1) is 11.6 Å². The van der Waals surface area contributed by atoms with E-state index in [9.17, 15) is 8.78 Å². The maximum absolute atomic E-state index is 13.5. The first kappa shape index (κ1) is 15.0. The second-order valence-electron chi connectivity index (χ2n) is 4.90. The molecule has 2 aromatic carbocycles. The average Bonchev–Trinajstić information content (AvgIpc) is 3.03. The van der Waals surface area contributed by atoms with Gasteiger partial charge in [-0.05, 0) is 42.5 Å². The van der Waals surface area contributed by atoms with Crippen LogP contribution in [0.5, 0.6) is 5.75 Å². The highest BCUT2D eigenvalue weighted by molar-refractivity contribution is 5.81. The van der Waals surface area contributed by atoms with Gasteiger partial charge < -0.3 is 9.30 Å². The van der Waals surface area contributed by atoms with Gasteiger partial charge in [0.15, 0.2) is 5.82 Å². The lowest BCUT2D eigenvalue weighted by Gasteiger charge is -2.04. The Bertz CT molecular complexity index is 838. The summed E-state index contributed by atoms with van der Waals surface area (Å²) in [4.78, 5) is 4.05. The molecule has 23 heavy (non-hydrogen) atoms. The van der Waals surface area contributed by atoms with E-state index < -0.39 is 11.6 Å². The van der Waals surface area contributed by atoms with Crippen LogP contribution < -0.4 is 4.74 Å². The van der Waals surface area contributed by atoms with E-state index in [2.05, 4.69) is 4.99 Å². The third-order valence-corrected chi connectivity index (χ3v) is 3.35. The Labute approximate surface area is 132 Å². The Morgan fingerprint density at radius 3 is 2.52 bits per heavy atom. The number of aromatic nitrogens is 1. The van der Waals surface area contributed by atoms with Gasteiger partial charge in [0, 0.05) is 35.9 Å². The van der Waals surface area contributed by atoms with E-state index in [0.29, 0.717) is 0 Å². The predicted molar refractivity (Wildman–Crippen MR) is 85.9 cm³/mol. The van der Waals surface area contributed by atoms with Gasteiger partial charge in [0.2, 0.25) is 0 Å². The first-order valence-electron chi connectivity index (χ1n) is 6.97. The third kappa shape index (κ3) is 3.45. The average molecular weight is 312 g/mol. The maximum atomic E-state index is 13.5. The molecule has 0 saturated carbocycles. The van der Waals surface area contributed by atoms with Crippen LogP contribution in [0.4, 0.5) is 14.5 Å². The molecule has 0 aliphatic heterocycles. The number of hydrogen-bond donors (Lipinski definition) is 0. The number of aliphatic imine (C=N–C) groups is 1. The first-order valence-corrected chi connectivity index (χ1v) is 6.97. The summed E-state index contributed by atoms with van der Waals surface area (Å²) in [6.07, 6.45) is 5.28. The minimum absolute atomic E-state index is 0.101. The van der Waals surface area contributed by atoms with Gasteiger partial charge in [-0.2, -0.15) is 0 Å². The second-order valence-corrected chi connectivity index (χ2v) is 4.90. The molecule has 0 N–H and O–H groups in total. The summed E-state index contributed by atoms with van der Waals surface area (Å²) in [6, 6.07) is 12.8. The standard InChI is InChI=1S/C18H14F2N2O/c1-23-16-5-3-15(4-6-16)22-9-8-13(12-22)11-21-18-7-2-14(19)10-17(18)20/h2-12H,1H3. The Morgan fingerprint density at radius 1 is 1.04 bits per heavy atom. The van der Waals surface area contributed by atoms with Crippen molar-refractivity contribution in [1.29, 1.82) is 0 Å². The zero-order valence-corrected chi connectivity index (χ0v) is 12.4. The van der Waals surface area contributed by atoms with Crippen LogP contribution in [0.25, 0.3) is 5.69 Å². The van der Waals surface area contributed by atoms with Crippen molar-refractivity contribution >= 4 is 11.9 Å². The lowest BCUT2D eigenvalue weighted by atomic mass is 10.3. The van der Waals surface area contributed by atoms with Crippen molar-refractivity contribution in [2.75, 3.05) is 7.11 Å². The zero-order valence-electron chi connectivity index (χ0n) is 12.4. The van der Waals surface area contributed by atoms with Gasteiger partial charge in [0.25, 0.3) is 0 Å². The molecule has 1 aromatic heterocycles. The van der Waals surface area contributed by atoms with Gasteiger partial charge in [-0.3, -0.25) is 4.99 Å². The molecule has 0 aliphatic carbocycles. The lowest BCUT2D eigenvalue weighted by molar-refractivity contribution is 0.415. The van der Waals surface area contributed by atoms with Crippen molar-refractivity contribution in [3.63, 3.8) is 0 Å². The molecular formula is C18H14F2N2O. The molecule has 5 heteroatoms. The molecule has 0 amide bonds. The Hall–Kier alpha value is -2.95. The number of benzene rings is 2. The Balaban J connectivity index is 1.79. The van der Waals surface area contributed by atoms with Crippen LogP contribution in [0.2, 0.25) is 0 Å². The van der Waals surface area contributed by atoms with Crippen molar-refractivity contribution in [3.05, 3.63) is 78.1 Å². The summed E-state index contributed by atoms with van der Waals surface area (Å²) in [7, 11) is 1.62. The van der Waals surface area contributed by atoms with Gasteiger partial charge in [0.05, 0.1) is 12.8 Å². The van der Waals surface area contributed by atoms with Crippen molar-refractivity contribution in [2.45, 2.75) is 0 Å². The monoisotopic (exact) mass is 312 g/mol. The molecule has 0 atom stereocenters. The highest BCUT2D eigenvalue weighted by Gasteiger charge is 2.02. The number of nitrogens with zero attached hydrogens (tertiary/aromatic N) is 2. The second kappa shape index (κ2) is 6.44. The van der Waals surface area contributed by atoms with E-state index in [1.54, 1.807) is 7.11 Å². The number of rotatable bonds is 4. The molecule has 116 valence electrons. The van der Waals surface area contributed by atoms with E-state index >= 15 is 0 Å². The van der Waals surface area contributed by atoms with Gasteiger partial charge in [-0.15, -0.1) is 0 Å². The summed E-state index contributed by atoms with van der Waals surface area (Å²) in [5, 5.41) is 0. The van der Waals surface area contributed by atoms with Gasteiger partial charge in [-0.1, -0.05) is 0 Å². The maximum Gasteiger partial charge on any atom is 0.151 e. The molecule has 0 aliphatic rings. The van der Waals surface area contributed by atoms with Crippen LogP contribution in [0.3, 0.4) is 0 Å². The van der Waals surface area contributed by atoms with Gasteiger partial charge >= 0.3 is 0 Å². The summed E-state index contributed by atoms with van der Waals surface area (Å²) in [5.41, 5.74) is 1.88. The fraction of sp³-hybridized carbons (Fsp3) is 0.0556. The Kier molecular flexibility index (Phi) is 4.19. The normalized spacial score (nSPS) is 11.1. The van der Waals surface area contributed by atoms with E-state index in [4.69, 9.17) is 4.74 Å². The fourth-order valence-electron chi connectivity index (χ4n) is 2.13. The van der Waals surface area contributed by atoms with Crippen molar-refractivity contribution in [2.24, 2.45) is 4.99 Å². The number of hydrogen-bond acceptors (Lipinski definition) is 2. The van der Waals surface area contributed by atoms with Crippen molar-refractivity contribution in [1.82, 2.24) is 4.57 Å². The van der Waals surface area contributed by atoms with Crippen LogP contribution >= 0.6 is 0 Å². The summed E-state index contributed by atoms with van der Waals surface area (Å²) in [5.74, 6) is -0.516. The van der Waals surface area contributed by atoms with Crippen LogP contribution in [0.1, 0.15) is 5.56 Å². The van der Waals surface area contributed by atoms with Crippen LogP contribution in [-0.2, 0) is 0 Å². The number of halogens is 2. The summed E-state index contributed by atoms with van der Waals surface area (Å²) >= 11 is 0. The van der Waals surface area contributed by atoms with Crippen molar-refractivity contribution in [3.8, 4) is 11.4 Å². The van der Waals surface area contributed by atoms with E-state index in [0.717, 1.165) is 23.1 Å². The molecular weight excluding hydrogens is 298 g/mol. The topological polar surface area (TPSA) is 26.5 Å². The third-order valence-electron chi connectivity index (χ3n) is 3.35. The minimum Gasteiger partial charge on any atom is -0.497 e. The minimum atomic E-state index is -0.684. The number of methoxy groups -OCH3 is 1. The highest BCUT2D eigenvalue weighted by Crippen LogP contribution is 2.19. The molecule has 0 radical (unpaired) electrons. The molecule has 3 aromatic rings. The van der Waals surface area contributed by atoms with Crippen LogP contribution in [0.15, 0.2) is 65.9 Å². The number of ether oxygens (including phenoxy) is 1. The molecule has 3 rings (SSSR count). The van der Waals surface area contributed by atoms with E-state index in [1.807, 2.05) is 47.3 Å². The largest absolute Gasteiger partial charge is 0.497 e. The first-order chi connectivity index (χ1) is 11.2. The van der Waals surface area contributed by atoms with E-state index in [-0.39, 0.29) is 5.69 Å². The summed E-state index contributed by atoms with van der Waals surface area (Å²) < 4.78 is 33.4. The molecule has 3 nitrogen and oxygen atoms in total. The SMILES string of the molecule is COc1ccc(-n2ccc(C=Nc3ccc(F)cc3F)c2)cc1. The van der Waals surface area contributed by atoms with E-state index in [1.165, 1.54) is 18.3 Å². The molecule has 0 saturated heterocycles. The van der Waals surface area contributed by atoms with Gasteiger partial charge in [0.1, 0.15) is 11.6 Å². The Morgan fingerprint density at radius 2 is 1.83 bits per heavy atom. The molecule has 0 bridgehead atoms. The zero-order chi connectivity index (χ0) is 16.2. The van der Waals surface area contributed by atoms with Crippen LogP contribution in [-0.4, -0.2) is 17.9 Å². The molecule has 1 heterocycles. The lowest BCUT2D eigenvalue weighted by Crippen LogP contribution is -1.90. The quantitative estimate of drug-likeness (QED) is 0.651. The summed E-state index contributed by atoms with van der Waals surface area (Å²) in [6.45, 7) is 0. The molecule has 0 unspecified atom stereocenters. The highest BCUT2D eigenvalue weighted by atomic mass is 19.1. The smallest absolute Gasteiger partial charge is 0.151 e. The fourth-order valence-corrected chi connectivity index (χ4v) is 2.13. The predicted octanol–water partition coefficient (Wildman–Crippen LogP) is 4.51. The molecule has 0 spiro atoms. The van der Waals surface area contributed by atoms with Crippen molar-refractivity contribution < 1.29 is 13.5 Å².